The van der Waals surface area contributed by atoms with Gasteiger partial charge in [0.2, 0.25) is 5.91 Å². The molecule has 1 aromatic heterocycles. The summed E-state index contributed by atoms with van der Waals surface area (Å²) < 4.78 is 5.62. The van der Waals surface area contributed by atoms with Crippen LogP contribution >= 0.6 is 0 Å². The lowest BCUT2D eigenvalue weighted by Crippen LogP contribution is -2.19. The van der Waals surface area contributed by atoms with E-state index in [2.05, 4.69) is 10.5 Å². The van der Waals surface area contributed by atoms with Crippen molar-refractivity contribution in [1.82, 2.24) is 5.43 Å². The first-order chi connectivity index (χ1) is 13.0. The molecule has 27 heavy (non-hydrogen) atoms. The Labute approximate surface area is 155 Å². The topological polar surface area (TPSA) is 97.7 Å². The van der Waals surface area contributed by atoms with E-state index in [4.69, 9.17) is 4.42 Å². The Bertz CT molecular complexity index is 993. The van der Waals surface area contributed by atoms with Gasteiger partial charge in [0.25, 0.3) is 5.69 Å². The van der Waals surface area contributed by atoms with Gasteiger partial charge in [-0.15, -0.1) is 0 Å². The number of nitrogens with zero attached hydrogens (tertiary/aromatic N) is 2. The standard InChI is InChI=1S/C20H17N3O4/c1-14-7-8-16(12-18(14)23(25)26)19-10-9-17(27-19)13-21-22-20(24)11-15-5-3-2-4-6-15/h2-10,12-13H,11H2,1H3,(H,22,24)/b21-13-. The number of carbonyl (C=O) groups excluding carboxylic acids is 1. The molecule has 3 aromatic rings. The van der Waals surface area contributed by atoms with E-state index in [1.165, 1.54) is 12.3 Å². The molecular weight excluding hydrogens is 346 g/mol. The molecule has 1 N–H and O–H groups in total. The van der Waals surface area contributed by atoms with Crippen LogP contribution in [0.3, 0.4) is 0 Å². The number of furan rings is 1. The second-order valence-electron chi connectivity index (χ2n) is 5.92. The summed E-state index contributed by atoms with van der Waals surface area (Å²) in [5.41, 5.74) is 4.55. The molecule has 0 bridgehead atoms. The molecule has 7 heteroatoms. The van der Waals surface area contributed by atoms with Crippen LogP contribution in [0.15, 0.2) is 70.2 Å². The minimum absolute atomic E-state index is 0.0345. The Morgan fingerprint density at radius 1 is 1.19 bits per heavy atom. The Balaban J connectivity index is 1.64. The lowest BCUT2D eigenvalue weighted by molar-refractivity contribution is -0.385. The van der Waals surface area contributed by atoms with Gasteiger partial charge in [0.1, 0.15) is 11.5 Å². The smallest absolute Gasteiger partial charge is 0.273 e. The fourth-order valence-electron chi connectivity index (χ4n) is 2.53. The molecule has 0 aliphatic rings. The van der Waals surface area contributed by atoms with Crippen molar-refractivity contribution < 1.29 is 14.1 Å². The molecule has 0 saturated heterocycles. The number of nitro benzene ring substituents is 1. The second kappa shape index (κ2) is 8.09. The van der Waals surface area contributed by atoms with Gasteiger partial charge in [-0.2, -0.15) is 5.10 Å². The number of hydrogen-bond donors (Lipinski definition) is 1. The van der Waals surface area contributed by atoms with Gasteiger partial charge in [0.05, 0.1) is 17.6 Å². The maximum Gasteiger partial charge on any atom is 0.273 e. The average molecular weight is 363 g/mol. The van der Waals surface area contributed by atoms with E-state index < -0.39 is 4.92 Å². The minimum Gasteiger partial charge on any atom is -0.455 e. The second-order valence-corrected chi connectivity index (χ2v) is 5.92. The zero-order valence-electron chi connectivity index (χ0n) is 14.6. The van der Waals surface area contributed by atoms with Gasteiger partial charge in [-0.25, -0.2) is 5.43 Å². The van der Waals surface area contributed by atoms with Gasteiger partial charge < -0.3 is 4.42 Å². The molecular formula is C20H17N3O4. The molecule has 0 spiro atoms. The average Bonchev–Trinajstić information content (AvgIpc) is 3.11. The quantitative estimate of drug-likeness (QED) is 0.408. The first-order valence-corrected chi connectivity index (χ1v) is 8.24. The van der Waals surface area contributed by atoms with Crippen molar-refractivity contribution in [2.45, 2.75) is 13.3 Å². The minimum atomic E-state index is -0.424. The number of carbonyl (C=O) groups is 1. The van der Waals surface area contributed by atoms with Crippen LogP contribution in [0.4, 0.5) is 5.69 Å². The molecule has 0 atom stereocenters. The van der Waals surface area contributed by atoms with Crippen LogP contribution in [0.25, 0.3) is 11.3 Å². The van der Waals surface area contributed by atoms with Gasteiger partial charge in [0, 0.05) is 17.2 Å². The Morgan fingerprint density at radius 3 is 2.70 bits per heavy atom. The highest BCUT2D eigenvalue weighted by Crippen LogP contribution is 2.27. The van der Waals surface area contributed by atoms with Gasteiger partial charge in [0.15, 0.2) is 0 Å². The monoisotopic (exact) mass is 363 g/mol. The Kier molecular flexibility index (Phi) is 5.41. The molecule has 1 heterocycles. The summed E-state index contributed by atoms with van der Waals surface area (Å²) in [5, 5.41) is 14.9. The van der Waals surface area contributed by atoms with Crippen molar-refractivity contribution in [3.8, 4) is 11.3 Å². The fourth-order valence-corrected chi connectivity index (χ4v) is 2.53. The maximum atomic E-state index is 11.8. The van der Waals surface area contributed by atoms with Crippen molar-refractivity contribution in [2.24, 2.45) is 5.10 Å². The van der Waals surface area contributed by atoms with Crippen molar-refractivity contribution >= 4 is 17.8 Å². The van der Waals surface area contributed by atoms with Crippen LogP contribution < -0.4 is 5.43 Å². The van der Waals surface area contributed by atoms with Crippen LogP contribution in [0, 0.1) is 17.0 Å². The predicted octanol–water partition coefficient (Wildman–Crippen LogP) is 3.86. The number of aryl methyl sites for hydroxylation is 1. The summed E-state index contributed by atoms with van der Waals surface area (Å²) in [7, 11) is 0. The molecule has 0 radical (unpaired) electrons. The molecule has 7 nitrogen and oxygen atoms in total. The van der Waals surface area contributed by atoms with E-state index in [1.54, 1.807) is 31.2 Å². The number of hydrogen-bond acceptors (Lipinski definition) is 5. The number of nitrogens with one attached hydrogen (secondary N) is 1. The van der Waals surface area contributed by atoms with Gasteiger partial charge in [-0.3, -0.25) is 14.9 Å². The van der Waals surface area contributed by atoms with E-state index >= 15 is 0 Å². The number of hydrazone groups is 1. The van der Waals surface area contributed by atoms with Gasteiger partial charge in [-0.05, 0) is 24.6 Å². The molecule has 3 rings (SSSR count). The lowest BCUT2D eigenvalue weighted by Gasteiger charge is -2.00. The molecule has 0 unspecified atom stereocenters. The molecule has 0 fully saturated rings. The first kappa shape index (κ1) is 18.1. The largest absolute Gasteiger partial charge is 0.455 e. The van der Waals surface area contributed by atoms with Crippen LogP contribution in [0.5, 0.6) is 0 Å². The van der Waals surface area contributed by atoms with E-state index in [-0.39, 0.29) is 18.0 Å². The first-order valence-electron chi connectivity index (χ1n) is 8.24. The Morgan fingerprint density at radius 2 is 1.96 bits per heavy atom. The third-order valence-corrected chi connectivity index (χ3v) is 3.91. The molecule has 0 aliphatic carbocycles. The Hall–Kier alpha value is -3.74. The van der Waals surface area contributed by atoms with Crippen LogP contribution in [-0.4, -0.2) is 17.0 Å². The lowest BCUT2D eigenvalue weighted by atomic mass is 10.1. The zero-order valence-corrected chi connectivity index (χ0v) is 14.6. The number of amides is 1. The van der Waals surface area contributed by atoms with Crippen molar-refractivity contribution in [1.29, 1.82) is 0 Å². The summed E-state index contributed by atoms with van der Waals surface area (Å²) in [4.78, 5) is 22.5. The molecule has 2 aromatic carbocycles. The van der Waals surface area contributed by atoms with Crippen LogP contribution in [-0.2, 0) is 11.2 Å². The third-order valence-electron chi connectivity index (χ3n) is 3.91. The van der Waals surface area contributed by atoms with Crippen molar-refractivity contribution in [3.63, 3.8) is 0 Å². The molecule has 0 saturated carbocycles. The van der Waals surface area contributed by atoms with Crippen LogP contribution in [0.2, 0.25) is 0 Å². The van der Waals surface area contributed by atoms with Gasteiger partial charge in [-0.1, -0.05) is 42.5 Å². The number of rotatable bonds is 6. The predicted molar refractivity (Wildman–Crippen MR) is 101 cm³/mol. The summed E-state index contributed by atoms with van der Waals surface area (Å²) in [6.07, 6.45) is 1.61. The number of benzene rings is 2. The highest BCUT2D eigenvalue weighted by molar-refractivity contribution is 5.82. The van der Waals surface area contributed by atoms with Gasteiger partial charge >= 0.3 is 0 Å². The summed E-state index contributed by atoms with van der Waals surface area (Å²) in [6, 6.07) is 17.6. The highest BCUT2D eigenvalue weighted by atomic mass is 16.6. The van der Waals surface area contributed by atoms with Crippen molar-refractivity contribution in [2.75, 3.05) is 0 Å². The fraction of sp³-hybridized carbons (Fsp3) is 0.100. The molecule has 136 valence electrons. The van der Waals surface area contributed by atoms with Crippen molar-refractivity contribution in [3.05, 3.63) is 87.7 Å². The normalized spacial score (nSPS) is 10.9. The third kappa shape index (κ3) is 4.66. The zero-order chi connectivity index (χ0) is 19.2. The maximum absolute atomic E-state index is 11.8. The van der Waals surface area contributed by atoms with E-state index in [9.17, 15) is 14.9 Å². The molecule has 1 amide bonds. The van der Waals surface area contributed by atoms with E-state index in [1.807, 2.05) is 30.3 Å². The van der Waals surface area contributed by atoms with E-state index in [0.717, 1.165) is 5.56 Å². The SMILES string of the molecule is Cc1ccc(-c2ccc(/C=N\NC(=O)Cc3ccccc3)o2)cc1[N+](=O)[O-]. The summed E-state index contributed by atoms with van der Waals surface area (Å²) in [5.74, 6) is 0.668. The highest BCUT2D eigenvalue weighted by Gasteiger charge is 2.13. The van der Waals surface area contributed by atoms with Crippen LogP contribution in [0.1, 0.15) is 16.9 Å². The number of nitro groups is 1. The molecule has 0 aliphatic heterocycles. The summed E-state index contributed by atoms with van der Waals surface area (Å²) in [6.45, 7) is 1.68. The van der Waals surface area contributed by atoms with E-state index in [0.29, 0.717) is 22.6 Å². The summed E-state index contributed by atoms with van der Waals surface area (Å²) >= 11 is 0.